The van der Waals surface area contributed by atoms with Gasteiger partial charge in [0, 0.05) is 33.3 Å². The summed E-state index contributed by atoms with van der Waals surface area (Å²) in [6, 6.07) is 14.7. The number of hydrogen-bond donors (Lipinski definition) is 2. The maximum absolute atomic E-state index is 11.4. The van der Waals surface area contributed by atoms with Gasteiger partial charge >= 0.3 is 0 Å². The second-order valence-corrected chi connectivity index (χ2v) is 9.70. The van der Waals surface area contributed by atoms with Gasteiger partial charge in [-0.2, -0.15) is 4.55 Å². The molecule has 2 heterocycles. The summed E-state index contributed by atoms with van der Waals surface area (Å²) in [5.74, 6) is 1.97. The summed E-state index contributed by atoms with van der Waals surface area (Å²) >= 11 is -0.682. The second-order valence-electron chi connectivity index (χ2n) is 7.50. The molecule has 0 saturated carbocycles. The zero-order chi connectivity index (χ0) is 22.9. The lowest BCUT2D eigenvalue weighted by atomic mass is 9.95. The number of nitrogens with one attached hydrogen (secondary N) is 1. The van der Waals surface area contributed by atoms with E-state index in [0.717, 1.165) is 51.6 Å². The molecular formula is C24H22N3O4S2+. The predicted octanol–water partition coefficient (Wildman–Crippen LogP) is 5.26. The summed E-state index contributed by atoms with van der Waals surface area (Å²) < 4.78 is 32.0. The van der Waals surface area contributed by atoms with E-state index in [0.29, 0.717) is 16.5 Å². The number of ether oxygens (including phenoxy) is 2. The van der Waals surface area contributed by atoms with Crippen LogP contribution < -0.4 is 14.8 Å². The molecule has 5 rings (SSSR count). The lowest BCUT2D eigenvalue weighted by molar-refractivity contribution is 0.397. The van der Waals surface area contributed by atoms with Gasteiger partial charge in [0.1, 0.15) is 11.5 Å². The van der Waals surface area contributed by atoms with Crippen LogP contribution in [0.3, 0.4) is 0 Å². The molecule has 0 saturated heterocycles. The average Bonchev–Trinajstić information content (AvgIpc) is 3.28. The first-order valence-electron chi connectivity index (χ1n) is 10.3. The highest BCUT2D eigenvalue weighted by Gasteiger charge is 2.24. The van der Waals surface area contributed by atoms with Gasteiger partial charge in [0.15, 0.2) is 4.90 Å². The summed E-state index contributed by atoms with van der Waals surface area (Å²) in [4.78, 5) is 11.9. The molecule has 0 bridgehead atoms. The number of nitrogens with zero attached hydrogens (tertiary/aromatic N) is 2. The molecule has 0 fully saturated rings. The molecule has 0 amide bonds. The van der Waals surface area contributed by atoms with E-state index < -0.39 is 11.1 Å². The van der Waals surface area contributed by atoms with Gasteiger partial charge < -0.3 is 14.8 Å². The van der Waals surface area contributed by atoms with Crippen molar-refractivity contribution in [1.29, 1.82) is 0 Å². The van der Waals surface area contributed by atoms with Gasteiger partial charge in [0.25, 0.3) is 0 Å². The second kappa shape index (κ2) is 8.93. The van der Waals surface area contributed by atoms with Crippen molar-refractivity contribution in [3.63, 3.8) is 0 Å². The highest BCUT2D eigenvalue weighted by atomic mass is 32.2. The average molecular weight is 481 g/mol. The first kappa shape index (κ1) is 21.6. The molecule has 2 aromatic carbocycles. The molecule has 168 valence electrons. The van der Waals surface area contributed by atoms with Crippen molar-refractivity contribution < 1.29 is 18.2 Å². The minimum Gasteiger partial charge on any atom is -0.496 e. The number of benzene rings is 2. The van der Waals surface area contributed by atoms with Crippen LogP contribution in [-0.4, -0.2) is 28.7 Å². The minimum atomic E-state index is -2.41. The summed E-state index contributed by atoms with van der Waals surface area (Å²) in [5.41, 5.74) is 4.67. The molecule has 2 aromatic heterocycles. The Balaban J connectivity index is 1.54. The molecular weight excluding hydrogens is 458 g/mol. The monoisotopic (exact) mass is 480 g/mol. The Kier molecular flexibility index (Phi) is 5.84. The van der Waals surface area contributed by atoms with E-state index >= 15 is 0 Å². The quantitative estimate of drug-likeness (QED) is 0.287. The van der Waals surface area contributed by atoms with Crippen LogP contribution in [0.25, 0.3) is 21.7 Å². The molecule has 2 N–H and O–H groups in total. The molecule has 7 nitrogen and oxygen atoms in total. The molecule has 1 aliphatic carbocycles. The van der Waals surface area contributed by atoms with Crippen LogP contribution in [0.5, 0.6) is 11.5 Å². The van der Waals surface area contributed by atoms with Crippen molar-refractivity contribution in [2.45, 2.75) is 17.7 Å². The molecule has 4 aromatic rings. The lowest BCUT2D eigenvalue weighted by Gasteiger charge is -2.16. The predicted molar refractivity (Wildman–Crippen MR) is 131 cm³/mol. The molecule has 0 spiro atoms. The summed E-state index contributed by atoms with van der Waals surface area (Å²) in [6.45, 7) is 0. The van der Waals surface area contributed by atoms with Crippen LogP contribution in [0.2, 0.25) is 0 Å². The van der Waals surface area contributed by atoms with Gasteiger partial charge in [-0.25, -0.2) is 9.97 Å². The third kappa shape index (κ3) is 4.10. The number of rotatable bonds is 6. The van der Waals surface area contributed by atoms with E-state index in [2.05, 4.69) is 16.4 Å². The standard InChI is InChI=1S/C24H21N3O4S2/c1-30-18-7-4-8-19(31-2)22(18)21-12-17-20(32-21)10-9-14-13-25-24(27-23(14)17)26-15-5-3-6-16(11-15)33(28)29/h3-8,11-13H,9-10H2,1-2H3,(H,28,29)(H,25,26,27)/p+1. The number of fused-ring (bicyclic) bond motifs is 3. The number of aromatic nitrogens is 2. The number of hydrogen-bond acceptors (Lipinski definition) is 7. The van der Waals surface area contributed by atoms with Crippen molar-refractivity contribution in [3.8, 4) is 33.2 Å². The molecule has 9 heteroatoms. The molecule has 1 aliphatic rings. The van der Waals surface area contributed by atoms with Crippen LogP contribution in [0.1, 0.15) is 10.4 Å². The Morgan fingerprint density at radius 2 is 1.82 bits per heavy atom. The van der Waals surface area contributed by atoms with Crippen LogP contribution >= 0.6 is 11.3 Å². The summed E-state index contributed by atoms with van der Waals surface area (Å²) in [7, 11) is 3.32. The first-order valence-corrected chi connectivity index (χ1v) is 12.3. The Labute approximate surface area is 197 Å². The maximum atomic E-state index is 11.4. The van der Waals surface area contributed by atoms with E-state index in [-0.39, 0.29) is 0 Å². The van der Waals surface area contributed by atoms with E-state index in [9.17, 15) is 8.76 Å². The smallest absolute Gasteiger partial charge is 0.235 e. The molecule has 1 unspecified atom stereocenters. The first-order chi connectivity index (χ1) is 16.1. The highest BCUT2D eigenvalue weighted by Crippen LogP contribution is 2.47. The Bertz CT molecular complexity index is 1350. The third-order valence-electron chi connectivity index (χ3n) is 5.55. The van der Waals surface area contributed by atoms with E-state index in [4.69, 9.17) is 14.5 Å². The number of methoxy groups -OCH3 is 2. The normalized spacial score (nSPS) is 13.1. The molecule has 0 aliphatic heterocycles. The Morgan fingerprint density at radius 1 is 1.06 bits per heavy atom. The topological polar surface area (TPSA) is 93.6 Å². The van der Waals surface area contributed by atoms with Gasteiger partial charge in [-0.3, -0.25) is 0 Å². The number of thiol groups is 1. The van der Waals surface area contributed by atoms with Gasteiger partial charge in [-0.15, -0.1) is 11.3 Å². The number of aryl methyl sites for hydroxylation is 2. The largest absolute Gasteiger partial charge is 0.496 e. The lowest BCUT2D eigenvalue weighted by Crippen LogP contribution is -2.07. The van der Waals surface area contributed by atoms with Crippen LogP contribution in [-0.2, 0) is 28.1 Å². The van der Waals surface area contributed by atoms with Crippen molar-refractivity contribution in [1.82, 2.24) is 9.97 Å². The van der Waals surface area contributed by atoms with Gasteiger partial charge in [-0.1, -0.05) is 16.3 Å². The van der Waals surface area contributed by atoms with Crippen molar-refractivity contribution in [2.75, 3.05) is 19.5 Å². The van der Waals surface area contributed by atoms with E-state index in [1.54, 1.807) is 43.8 Å². The molecule has 33 heavy (non-hydrogen) atoms. The van der Waals surface area contributed by atoms with Gasteiger partial charge in [0.2, 0.25) is 17.0 Å². The van der Waals surface area contributed by atoms with Crippen molar-refractivity contribution in [3.05, 3.63) is 65.2 Å². The van der Waals surface area contributed by atoms with Crippen LogP contribution in [0.15, 0.2) is 59.6 Å². The highest BCUT2D eigenvalue weighted by molar-refractivity contribution is 7.79. The van der Waals surface area contributed by atoms with Crippen LogP contribution in [0.4, 0.5) is 11.6 Å². The fraction of sp³-hybridized carbons (Fsp3) is 0.167. The van der Waals surface area contributed by atoms with E-state index in [1.165, 1.54) is 4.88 Å². The van der Waals surface area contributed by atoms with Gasteiger partial charge in [-0.05, 0) is 48.7 Å². The fourth-order valence-corrected chi connectivity index (χ4v) is 5.67. The number of thiophene rings is 1. The summed E-state index contributed by atoms with van der Waals surface area (Å²) in [6.07, 6.45) is 3.64. The Morgan fingerprint density at radius 3 is 2.55 bits per heavy atom. The maximum Gasteiger partial charge on any atom is 0.235 e. The fourth-order valence-electron chi connectivity index (χ4n) is 4.00. The van der Waals surface area contributed by atoms with Crippen LogP contribution in [0, 0.1) is 0 Å². The summed E-state index contributed by atoms with van der Waals surface area (Å²) in [5, 5.41) is 3.16. The molecule has 1 atom stereocenters. The Hall–Kier alpha value is -3.27. The molecule has 0 radical (unpaired) electrons. The van der Waals surface area contributed by atoms with Crippen molar-refractivity contribution in [2.24, 2.45) is 0 Å². The zero-order valence-electron chi connectivity index (χ0n) is 18.0. The SMILES string of the molecule is COc1cccc(OC)c1-c1cc2c(s1)CCc1cnc(Nc3cccc([SH+](=O)O)c3)nc1-2. The van der Waals surface area contributed by atoms with E-state index in [1.807, 2.05) is 30.5 Å². The minimum absolute atomic E-state index is 0.350. The third-order valence-corrected chi connectivity index (χ3v) is 7.48. The van der Waals surface area contributed by atoms with Crippen molar-refractivity contribution >= 4 is 34.1 Å². The number of anilines is 2. The van der Waals surface area contributed by atoms with Gasteiger partial charge in [0.05, 0.1) is 25.5 Å². The zero-order valence-corrected chi connectivity index (χ0v) is 19.7.